The van der Waals surface area contributed by atoms with E-state index in [4.69, 9.17) is 9.47 Å². The summed E-state index contributed by atoms with van der Waals surface area (Å²) in [5.74, 6) is 1.53. The smallest absolute Gasteiger partial charge is 0.0507 e. The van der Waals surface area contributed by atoms with Gasteiger partial charge in [-0.2, -0.15) is 0 Å². The fourth-order valence-corrected chi connectivity index (χ4v) is 4.09. The van der Waals surface area contributed by atoms with Gasteiger partial charge in [0.1, 0.15) is 0 Å². The third kappa shape index (κ3) is 3.53. The Kier molecular flexibility index (Phi) is 4.97. The first-order valence-electron chi connectivity index (χ1n) is 8.36. The van der Waals surface area contributed by atoms with Crippen molar-refractivity contribution >= 4 is 0 Å². The summed E-state index contributed by atoms with van der Waals surface area (Å²) >= 11 is 0. The normalized spacial score (nSPS) is 40.5. The molecule has 0 aromatic carbocycles. The lowest BCUT2D eigenvalue weighted by molar-refractivity contribution is 0.0186. The molecular weight excluding hydrogens is 252 g/mol. The van der Waals surface area contributed by atoms with Crippen LogP contribution in [0.1, 0.15) is 26.7 Å². The molecule has 0 saturated carbocycles. The van der Waals surface area contributed by atoms with Gasteiger partial charge in [0.2, 0.25) is 0 Å². The highest BCUT2D eigenvalue weighted by molar-refractivity contribution is 4.87. The molecule has 0 spiro atoms. The molecule has 0 aliphatic carbocycles. The largest absolute Gasteiger partial charge is 0.381 e. The number of hydrogen-bond acceptors (Lipinski definition) is 4. The van der Waals surface area contributed by atoms with Crippen molar-refractivity contribution in [3.8, 4) is 0 Å². The van der Waals surface area contributed by atoms with E-state index in [2.05, 4.69) is 23.6 Å². The fraction of sp³-hybridized carbons (Fsp3) is 1.00. The summed E-state index contributed by atoms with van der Waals surface area (Å²) in [5, 5.41) is 0. The SMILES string of the molecule is C[C@@H]1CN(C[C@H]2CCOC2)C[C@H](C)N1C[C@H]1CCOC1. The summed E-state index contributed by atoms with van der Waals surface area (Å²) in [4.78, 5) is 5.37. The molecule has 0 radical (unpaired) electrons. The molecule has 4 atom stereocenters. The molecule has 3 aliphatic rings. The van der Waals surface area contributed by atoms with Gasteiger partial charge in [0.15, 0.2) is 0 Å². The van der Waals surface area contributed by atoms with E-state index in [0.29, 0.717) is 12.1 Å². The van der Waals surface area contributed by atoms with Crippen LogP contribution in [0.4, 0.5) is 0 Å². The quantitative estimate of drug-likeness (QED) is 0.779. The number of ether oxygens (including phenoxy) is 2. The Labute approximate surface area is 123 Å². The highest BCUT2D eigenvalue weighted by atomic mass is 16.5. The second-order valence-electron chi connectivity index (χ2n) is 7.07. The van der Waals surface area contributed by atoms with Crippen molar-refractivity contribution in [2.24, 2.45) is 11.8 Å². The Morgan fingerprint density at radius 2 is 1.40 bits per heavy atom. The molecule has 0 unspecified atom stereocenters. The minimum atomic E-state index is 0.668. The van der Waals surface area contributed by atoms with Crippen LogP contribution in [0.3, 0.4) is 0 Å². The van der Waals surface area contributed by atoms with E-state index in [-0.39, 0.29) is 0 Å². The average molecular weight is 282 g/mol. The summed E-state index contributed by atoms with van der Waals surface area (Å²) in [6.07, 6.45) is 2.50. The van der Waals surface area contributed by atoms with Crippen LogP contribution in [0.5, 0.6) is 0 Å². The molecule has 3 heterocycles. The number of piperazine rings is 1. The predicted octanol–water partition coefficient (Wildman–Crippen LogP) is 1.45. The summed E-state index contributed by atoms with van der Waals surface area (Å²) in [6.45, 7) is 13.6. The van der Waals surface area contributed by atoms with Crippen LogP contribution >= 0.6 is 0 Å². The number of rotatable bonds is 4. The molecule has 3 aliphatic heterocycles. The lowest BCUT2D eigenvalue weighted by atomic mass is 10.0. The molecule has 0 amide bonds. The van der Waals surface area contributed by atoms with Gasteiger partial charge in [-0.3, -0.25) is 9.80 Å². The van der Waals surface area contributed by atoms with E-state index in [0.717, 1.165) is 38.3 Å². The molecule has 116 valence electrons. The Balaban J connectivity index is 1.49. The molecule has 4 nitrogen and oxygen atoms in total. The van der Waals surface area contributed by atoms with Crippen molar-refractivity contribution in [2.45, 2.75) is 38.8 Å². The van der Waals surface area contributed by atoms with Gasteiger partial charge in [0, 0.05) is 51.5 Å². The summed E-state index contributed by atoms with van der Waals surface area (Å²) in [5.41, 5.74) is 0. The molecule has 0 aromatic rings. The van der Waals surface area contributed by atoms with Crippen molar-refractivity contribution < 1.29 is 9.47 Å². The van der Waals surface area contributed by atoms with Gasteiger partial charge in [0.05, 0.1) is 13.2 Å². The fourth-order valence-electron chi connectivity index (χ4n) is 4.09. The maximum atomic E-state index is 5.53. The third-order valence-electron chi connectivity index (χ3n) is 5.21. The third-order valence-corrected chi connectivity index (χ3v) is 5.21. The highest BCUT2D eigenvalue weighted by Crippen LogP contribution is 2.23. The van der Waals surface area contributed by atoms with Crippen molar-refractivity contribution in [3.05, 3.63) is 0 Å². The second-order valence-corrected chi connectivity index (χ2v) is 7.07. The zero-order chi connectivity index (χ0) is 13.9. The van der Waals surface area contributed by atoms with Crippen LogP contribution in [0.15, 0.2) is 0 Å². The molecule has 3 saturated heterocycles. The maximum Gasteiger partial charge on any atom is 0.0507 e. The van der Waals surface area contributed by atoms with Crippen LogP contribution in [-0.2, 0) is 9.47 Å². The van der Waals surface area contributed by atoms with Crippen LogP contribution in [0, 0.1) is 11.8 Å². The minimum absolute atomic E-state index is 0.668. The minimum Gasteiger partial charge on any atom is -0.381 e. The molecule has 0 N–H and O–H groups in total. The topological polar surface area (TPSA) is 24.9 Å². The van der Waals surface area contributed by atoms with Gasteiger partial charge in [-0.05, 0) is 38.5 Å². The van der Waals surface area contributed by atoms with E-state index < -0.39 is 0 Å². The van der Waals surface area contributed by atoms with Gasteiger partial charge in [-0.1, -0.05) is 0 Å². The average Bonchev–Trinajstić information content (AvgIpc) is 3.06. The monoisotopic (exact) mass is 282 g/mol. The first kappa shape index (κ1) is 14.8. The standard InChI is InChI=1S/C16H30N2O2/c1-13-7-17(9-15-3-5-19-11-15)8-14(2)18(13)10-16-4-6-20-12-16/h13-16H,3-12H2,1-2H3/t13-,14+,15-,16-/m1/s1. The predicted molar refractivity (Wildman–Crippen MR) is 79.9 cm³/mol. The summed E-state index contributed by atoms with van der Waals surface area (Å²) in [7, 11) is 0. The molecule has 3 fully saturated rings. The second kappa shape index (κ2) is 6.73. The van der Waals surface area contributed by atoms with E-state index in [1.807, 2.05) is 0 Å². The zero-order valence-electron chi connectivity index (χ0n) is 13.1. The highest BCUT2D eigenvalue weighted by Gasteiger charge is 2.33. The zero-order valence-corrected chi connectivity index (χ0v) is 13.1. The van der Waals surface area contributed by atoms with E-state index in [9.17, 15) is 0 Å². The first-order chi connectivity index (χ1) is 9.72. The first-order valence-corrected chi connectivity index (χ1v) is 8.36. The van der Waals surface area contributed by atoms with Crippen LogP contribution in [-0.4, -0.2) is 74.5 Å². The Bertz CT molecular complexity index is 289. The lowest BCUT2D eigenvalue weighted by Crippen LogP contribution is -2.58. The van der Waals surface area contributed by atoms with Crippen molar-refractivity contribution in [2.75, 3.05) is 52.6 Å². The molecule has 0 aromatic heterocycles. The number of hydrogen-bond donors (Lipinski definition) is 0. The Morgan fingerprint density at radius 3 is 1.90 bits per heavy atom. The number of nitrogens with zero attached hydrogens (tertiary/aromatic N) is 2. The van der Waals surface area contributed by atoms with Crippen molar-refractivity contribution in [3.63, 3.8) is 0 Å². The van der Waals surface area contributed by atoms with Crippen molar-refractivity contribution in [1.82, 2.24) is 9.80 Å². The molecule has 3 rings (SSSR count). The van der Waals surface area contributed by atoms with E-state index in [1.165, 1.54) is 39.0 Å². The van der Waals surface area contributed by atoms with Gasteiger partial charge >= 0.3 is 0 Å². The van der Waals surface area contributed by atoms with Gasteiger partial charge < -0.3 is 9.47 Å². The molecular formula is C16H30N2O2. The van der Waals surface area contributed by atoms with Gasteiger partial charge in [-0.25, -0.2) is 0 Å². The van der Waals surface area contributed by atoms with Crippen LogP contribution in [0.25, 0.3) is 0 Å². The van der Waals surface area contributed by atoms with Gasteiger partial charge in [0.25, 0.3) is 0 Å². The van der Waals surface area contributed by atoms with E-state index in [1.54, 1.807) is 0 Å². The molecule has 0 bridgehead atoms. The molecule has 4 heteroatoms. The van der Waals surface area contributed by atoms with Crippen molar-refractivity contribution in [1.29, 1.82) is 0 Å². The van der Waals surface area contributed by atoms with E-state index >= 15 is 0 Å². The lowest BCUT2D eigenvalue weighted by Gasteiger charge is -2.46. The summed E-state index contributed by atoms with van der Waals surface area (Å²) < 4.78 is 11.0. The molecule has 20 heavy (non-hydrogen) atoms. The van der Waals surface area contributed by atoms with Crippen LogP contribution < -0.4 is 0 Å². The van der Waals surface area contributed by atoms with Gasteiger partial charge in [-0.15, -0.1) is 0 Å². The maximum absolute atomic E-state index is 5.53. The Hall–Kier alpha value is -0.160. The summed E-state index contributed by atoms with van der Waals surface area (Å²) in [6, 6.07) is 1.34. The Morgan fingerprint density at radius 1 is 0.850 bits per heavy atom. The van der Waals surface area contributed by atoms with Crippen LogP contribution in [0.2, 0.25) is 0 Å².